The van der Waals surface area contributed by atoms with Crippen molar-refractivity contribution in [3.05, 3.63) is 29.8 Å². The average Bonchev–Trinajstić information content (AvgIpc) is 2.65. The lowest BCUT2D eigenvalue weighted by Gasteiger charge is -2.27. The summed E-state index contributed by atoms with van der Waals surface area (Å²) in [5.41, 5.74) is 0.827. The largest absolute Gasteiger partial charge is 0.383 e. The summed E-state index contributed by atoms with van der Waals surface area (Å²) in [7, 11) is -1.96. The maximum atomic E-state index is 13.0. The first-order valence-corrected chi connectivity index (χ1v) is 11.2. The zero-order valence-corrected chi connectivity index (χ0v) is 17.8. The smallest absolute Gasteiger partial charge is 0.308 e. The summed E-state index contributed by atoms with van der Waals surface area (Å²) in [6.07, 6.45) is 3.78. The van der Waals surface area contributed by atoms with E-state index in [-0.39, 0.29) is 23.3 Å². The van der Waals surface area contributed by atoms with Crippen LogP contribution >= 0.6 is 0 Å². The highest BCUT2D eigenvalue weighted by Gasteiger charge is 2.23. The lowest BCUT2D eigenvalue weighted by molar-refractivity contribution is -0.137. The number of carbonyl (C=O) groups excluding carboxylic acids is 1. The maximum absolute atomic E-state index is 13.0. The van der Waals surface area contributed by atoms with Crippen molar-refractivity contribution in [1.29, 1.82) is 0 Å². The highest BCUT2D eigenvalue weighted by atomic mass is 32.2. The lowest BCUT2D eigenvalue weighted by Crippen LogP contribution is -2.37. The van der Waals surface area contributed by atoms with Crippen molar-refractivity contribution < 1.29 is 22.1 Å². The monoisotopic (exact) mass is 399 g/mol. The molecule has 7 heteroatoms. The van der Waals surface area contributed by atoms with Crippen molar-refractivity contribution in [3.63, 3.8) is 0 Å². The molecule has 0 radical (unpaired) electrons. The number of rotatable bonds is 13. The molecule has 0 bridgehead atoms. The van der Waals surface area contributed by atoms with Crippen LogP contribution < -0.4 is 4.18 Å². The quantitative estimate of drug-likeness (QED) is 0.474. The third-order valence-electron chi connectivity index (χ3n) is 4.47. The molecule has 0 N–H and O–H groups in total. The van der Waals surface area contributed by atoms with Crippen LogP contribution in [0.1, 0.15) is 52.0 Å². The Kier molecular flexibility index (Phi) is 10.4. The summed E-state index contributed by atoms with van der Waals surface area (Å²) in [6.45, 7) is 7.04. The average molecular weight is 400 g/mol. The molecule has 1 aromatic carbocycles. The second-order valence-corrected chi connectivity index (χ2v) is 8.44. The number of methoxy groups -OCH3 is 1. The molecular formula is C20H33NO5S. The molecule has 0 aliphatic carbocycles. The fraction of sp³-hybridized carbons (Fsp3) is 0.650. The maximum Gasteiger partial charge on any atom is 0.308 e. The van der Waals surface area contributed by atoms with Gasteiger partial charge in [0.2, 0.25) is 5.91 Å². The van der Waals surface area contributed by atoms with Gasteiger partial charge in [0.1, 0.15) is 5.75 Å². The predicted molar refractivity (Wildman–Crippen MR) is 107 cm³/mol. The first kappa shape index (κ1) is 23.4. The van der Waals surface area contributed by atoms with Crippen molar-refractivity contribution in [3.8, 4) is 5.75 Å². The van der Waals surface area contributed by atoms with Gasteiger partial charge in [-0.15, -0.1) is 0 Å². The van der Waals surface area contributed by atoms with Crippen molar-refractivity contribution in [1.82, 2.24) is 4.90 Å². The van der Waals surface area contributed by atoms with Gasteiger partial charge >= 0.3 is 10.1 Å². The number of unbranched alkanes of at least 4 members (excludes halogenated alkanes) is 1. The molecule has 0 aliphatic rings. The Morgan fingerprint density at radius 2 is 1.96 bits per heavy atom. The summed E-state index contributed by atoms with van der Waals surface area (Å²) in [5, 5.41) is 0. The minimum absolute atomic E-state index is 0.00158. The zero-order chi connectivity index (χ0) is 20.3. The van der Waals surface area contributed by atoms with Crippen molar-refractivity contribution in [2.75, 3.05) is 26.0 Å². The van der Waals surface area contributed by atoms with Gasteiger partial charge in [-0.2, -0.15) is 8.42 Å². The van der Waals surface area contributed by atoms with Crippen LogP contribution in [-0.4, -0.2) is 45.2 Å². The summed E-state index contributed by atoms with van der Waals surface area (Å²) >= 11 is 0. The molecule has 0 fully saturated rings. The van der Waals surface area contributed by atoms with Crippen LogP contribution in [-0.2, 0) is 26.2 Å². The van der Waals surface area contributed by atoms with Crippen molar-refractivity contribution in [2.45, 2.75) is 53.0 Å². The lowest BCUT2D eigenvalue weighted by atomic mass is 9.97. The Bertz CT molecular complexity index is 675. The van der Waals surface area contributed by atoms with E-state index in [4.69, 9.17) is 8.92 Å². The van der Waals surface area contributed by atoms with Crippen LogP contribution in [0.25, 0.3) is 0 Å². The number of hydrogen-bond acceptors (Lipinski definition) is 5. The molecule has 1 aromatic rings. The molecule has 0 aromatic heterocycles. The highest BCUT2D eigenvalue weighted by molar-refractivity contribution is 7.87. The van der Waals surface area contributed by atoms with Crippen LogP contribution in [0, 0.1) is 5.92 Å². The highest BCUT2D eigenvalue weighted by Crippen LogP contribution is 2.20. The van der Waals surface area contributed by atoms with Gasteiger partial charge in [0, 0.05) is 26.1 Å². The topological polar surface area (TPSA) is 72.9 Å². The molecule has 0 aliphatic heterocycles. The molecule has 154 valence electrons. The van der Waals surface area contributed by atoms with E-state index in [1.165, 1.54) is 6.92 Å². The molecule has 1 amide bonds. The minimum atomic E-state index is -3.58. The van der Waals surface area contributed by atoms with E-state index in [0.717, 1.165) is 31.2 Å². The van der Waals surface area contributed by atoms with Gasteiger partial charge in [-0.3, -0.25) is 4.79 Å². The number of amides is 1. The van der Waals surface area contributed by atoms with E-state index in [1.807, 2.05) is 13.0 Å². The van der Waals surface area contributed by atoms with Gasteiger partial charge < -0.3 is 13.8 Å². The molecule has 27 heavy (non-hydrogen) atoms. The number of benzene rings is 1. The molecule has 1 rings (SSSR count). The fourth-order valence-electron chi connectivity index (χ4n) is 2.80. The number of carbonyl (C=O) groups is 1. The van der Waals surface area contributed by atoms with E-state index >= 15 is 0 Å². The van der Waals surface area contributed by atoms with Crippen LogP contribution in [0.15, 0.2) is 24.3 Å². The number of hydrogen-bond donors (Lipinski definition) is 0. The second kappa shape index (κ2) is 12.0. The predicted octanol–water partition coefficient (Wildman–Crippen LogP) is 3.61. The molecule has 6 nitrogen and oxygen atoms in total. The minimum Gasteiger partial charge on any atom is -0.383 e. The van der Waals surface area contributed by atoms with E-state index in [0.29, 0.717) is 19.7 Å². The molecule has 0 unspecified atom stereocenters. The Morgan fingerprint density at radius 3 is 2.56 bits per heavy atom. The van der Waals surface area contributed by atoms with Crippen LogP contribution in [0.2, 0.25) is 0 Å². The van der Waals surface area contributed by atoms with Gasteiger partial charge in [-0.25, -0.2) is 0 Å². The Labute approximate surface area is 164 Å². The van der Waals surface area contributed by atoms with Crippen LogP contribution in [0.3, 0.4) is 0 Å². The van der Waals surface area contributed by atoms with Gasteiger partial charge in [0.05, 0.1) is 12.4 Å². The number of ether oxygens (including phenoxy) is 1. The third-order valence-corrected chi connectivity index (χ3v) is 5.63. The zero-order valence-electron chi connectivity index (χ0n) is 16.9. The molecule has 0 saturated carbocycles. The SMILES string of the molecule is CCCC[C@H](CC)C(=O)N(CCOC)Cc1cccc(OS(=O)(=O)CC)c1. The van der Waals surface area contributed by atoms with Gasteiger partial charge in [-0.1, -0.05) is 38.8 Å². The second-order valence-electron chi connectivity index (χ2n) is 6.58. The van der Waals surface area contributed by atoms with Crippen molar-refractivity contribution in [2.24, 2.45) is 5.92 Å². The Balaban J connectivity index is 2.94. The summed E-state index contributed by atoms with van der Waals surface area (Å²) in [6, 6.07) is 6.89. The normalized spacial score (nSPS) is 12.6. The molecule has 0 heterocycles. The van der Waals surface area contributed by atoms with Gasteiger partial charge in [-0.05, 0) is 37.5 Å². The van der Waals surface area contributed by atoms with Crippen LogP contribution in [0.5, 0.6) is 5.75 Å². The first-order chi connectivity index (χ1) is 12.9. The van der Waals surface area contributed by atoms with Crippen molar-refractivity contribution >= 4 is 16.0 Å². The Hall–Kier alpha value is -1.60. The van der Waals surface area contributed by atoms with E-state index in [1.54, 1.807) is 30.2 Å². The Morgan fingerprint density at radius 1 is 1.22 bits per heavy atom. The summed E-state index contributed by atoms with van der Waals surface area (Å²) in [4.78, 5) is 14.8. The molecule has 0 saturated heterocycles. The van der Waals surface area contributed by atoms with E-state index in [2.05, 4.69) is 6.92 Å². The number of nitrogens with zero attached hydrogens (tertiary/aromatic N) is 1. The molecule has 1 atom stereocenters. The van der Waals surface area contributed by atoms with E-state index in [9.17, 15) is 13.2 Å². The summed E-state index contributed by atoms with van der Waals surface area (Å²) < 4.78 is 33.6. The van der Waals surface area contributed by atoms with Crippen LogP contribution in [0.4, 0.5) is 0 Å². The third kappa shape index (κ3) is 8.30. The molecule has 0 spiro atoms. The molecular weight excluding hydrogens is 366 g/mol. The van der Waals surface area contributed by atoms with E-state index < -0.39 is 10.1 Å². The first-order valence-electron chi connectivity index (χ1n) is 9.65. The van der Waals surface area contributed by atoms with Gasteiger partial charge in [0.15, 0.2) is 0 Å². The standard InChI is InChI=1S/C20H33NO5S/c1-5-8-11-18(6-2)20(22)21(13-14-25-4)16-17-10-9-12-19(15-17)26-27(23,24)7-3/h9-10,12,15,18H,5-8,11,13-14,16H2,1-4H3/t18-/m0/s1. The summed E-state index contributed by atoms with van der Waals surface area (Å²) in [5.74, 6) is 0.300. The fourth-order valence-corrected chi connectivity index (χ4v) is 3.32. The van der Waals surface area contributed by atoms with Gasteiger partial charge in [0.25, 0.3) is 0 Å².